The monoisotopic (exact) mass is 324 g/mol. The van der Waals surface area contributed by atoms with Gasteiger partial charge in [-0.25, -0.2) is 0 Å². The summed E-state index contributed by atoms with van der Waals surface area (Å²) in [7, 11) is -7.20. The second-order valence-electron chi connectivity index (χ2n) is 4.77. The second kappa shape index (κ2) is 6.14. The molecule has 0 fully saturated rings. The maximum absolute atomic E-state index is 13.4. The van der Waals surface area contributed by atoms with Gasteiger partial charge in [0.2, 0.25) is 0 Å². The Hall–Kier alpha value is -1.42. The molecule has 21 heavy (non-hydrogen) atoms. The standard InChI is InChI=1S/C15H17O4PS/c1-2-11-20(16,13-7-4-3-5-8-13)14-9-6-10-15(12-14)21(17,18)19/h3-10,12H,2,11H2,1H3,(H,17,18,19). The normalized spacial score (nSPS) is 14.6. The summed E-state index contributed by atoms with van der Waals surface area (Å²) in [6, 6.07) is 14.8. The molecule has 4 nitrogen and oxygen atoms in total. The Morgan fingerprint density at radius 2 is 1.62 bits per heavy atom. The first kappa shape index (κ1) is 16.0. The molecule has 0 aliphatic rings. The van der Waals surface area contributed by atoms with Gasteiger partial charge in [0.15, 0.2) is 0 Å². The molecule has 0 aliphatic carbocycles. The Bertz CT molecular complexity index is 769. The lowest BCUT2D eigenvalue weighted by atomic mass is 10.4. The minimum atomic E-state index is -4.30. The minimum Gasteiger partial charge on any atom is -0.314 e. The molecule has 0 saturated carbocycles. The lowest BCUT2D eigenvalue weighted by Gasteiger charge is -2.19. The molecule has 2 aromatic carbocycles. The van der Waals surface area contributed by atoms with E-state index in [1.54, 1.807) is 18.2 Å². The van der Waals surface area contributed by atoms with Crippen LogP contribution in [0, 0.1) is 0 Å². The minimum absolute atomic E-state index is 0.229. The van der Waals surface area contributed by atoms with Gasteiger partial charge in [0.1, 0.15) is 7.14 Å². The van der Waals surface area contributed by atoms with Crippen molar-refractivity contribution in [3.8, 4) is 0 Å². The Kier molecular flexibility index (Phi) is 4.67. The summed E-state index contributed by atoms with van der Waals surface area (Å²) in [5, 5.41) is 1.14. The molecule has 0 radical (unpaired) electrons. The third-order valence-electron chi connectivity index (χ3n) is 3.24. The summed E-state index contributed by atoms with van der Waals surface area (Å²) in [4.78, 5) is -0.229. The smallest absolute Gasteiger partial charge is 0.294 e. The van der Waals surface area contributed by atoms with E-state index in [1.165, 1.54) is 18.2 Å². The van der Waals surface area contributed by atoms with Crippen LogP contribution in [0.4, 0.5) is 0 Å². The summed E-state index contributed by atoms with van der Waals surface area (Å²) in [6.07, 6.45) is 1.16. The van der Waals surface area contributed by atoms with E-state index < -0.39 is 17.3 Å². The molecule has 0 spiro atoms. The molecule has 1 N–H and O–H groups in total. The third kappa shape index (κ3) is 3.43. The van der Waals surface area contributed by atoms with Crippen LogP contribution in [0.5, 0.6) is 0 Å². The lowest BCUT2D eigenvalue weighted by Crippen LogP contribution is -2.19. The first-order chi connectivity index (χ1) is 9.88. The van der Waals surface area contributed by atoms with Crippen LogP contribution in [0.15, 0.2) is 59.5 Å². The Morgan fingerprint density at radius 3 is 2.19 bits per heavy atom. The fourth-order valence-electron chi connectivity index (χ4n) is 2.26. The van der Waals surface area contributed by atoms with Crippen LogP contribution in [-0.2, 0) is 14.7 Å². The van der Waals surface area contributed by atoms with Gasteiger partial charge >= 0.3 is 0 Å². The molecule has 112 valence electrons. The topological polar surface area (TPSA) is 71.4 Å². The lowest BCUT2D eigenvalue weighted by molar-refractivity contribution is 0.483. The SMILES string of the molecule is CCCP(=O)(c1ccccc1)c1cccc(S(=O)(=O)O)c1. The Balaban J connectivity index is 2.62. The van der Waals surface area contributed by atoms with E-state index in [1.807, 2.05) is 25.1 Å². The van der Waals surface area contributed by atoms with Crippen LogP contribution in [0.1, 0.15) is 13.3 Å². The van der Waals surface area contributed by atoms with Gasteiger partial charge in [-0.15, -0.1) is 0 Å². The van der Waals surface area contributed by atoms with Gasteiger partial charge in [-0.1, -0.05) is 49.4 Å². The molecule has 1 unspecified atom stereocenters. The molecule has 0 heterocycles. The van der Waals surface area contributed by atoms with Gasteiger partial charge < -0.3 is 4.57 Å². The average Bonchev–Trinajstić information content (AvgIpc) is 2.47. The summed E-state index contributed by atoms with van der Waals surface area (Å²) < 4.78 is 45.1. The molecule has 0 amide bonds. The maximum Gasteiger partial charge on any atom is 0.294 e. The number of hydrogen-bond donors (Lipinski definition) is 1. The highest BCUT2D eigenvalue weighted by atomic mass is 32.2. The first-order valence-electron chi connectivity index (χ1n) is 6.61. The van der Waals surface area contributed by atoms with Crippen LogP contribution in [0.25, 0.3) is 0 Å². The predicted octanol–water partition coefficient (Wildman–Crippen LogP) is 2.66. The highest BCUT2D eigenvalue weighted by Gasteiger charge is 2.27. The van der Waals surface area contributed by atoms with Crippen molar-refractivity contribution in [2.24, 2.45) is 0 Å². The second-order valence-corrected chi connectivity index (χ2v) is 9.15. The molecule has 2 rings (SSSR count). The van der Waals surface area contributed by atoms with Gasteiger partial charge in [0, 0.05) is 16.8 Å². The van der Waals surface area contributed by atoms with Gasteiger partial charge in [0.25, 0.3) is 10.1 Å². The zero-order valence-electron chi connectivity index (χ0n) is 11.6. The highest BCUT2D eigenvalue weighted by molar-refractivity contribution is 7.86. The quantitative estimate of drug-likeness (QED) is 0.678. The van der Waals surface area contributed by atoms with E-state index in [0.29, 0.717) is 23.2 Å². The maximum atomic E-state index is 13.4. The van der Waals surface area contributed by atoms with Crippen molar-refractivity contribution in [2.75, 3.05) is 6.16 Å². The average molecular weight is 324 g/mol. The molecule has 1 atom stereocenters. The largest absolute Gasteiger partial charge is 0.314 e. The van der Waals surface area contributed by atoms with Crippen LogP contribution in [-0.4, -0.2) is 19.1 Å². The molecule has 0 bridgehead atoms. The number of hydrogen-bond acceptors (Lipinski definition) is 3. The van der Waals surface area contributed by atoms with Crippen LogP contribution in [0.2, 0.25) is 0 Å². The molecular formula is C15H17O4PS. The van der Waals surface area contributed by atoms with E-state index in [2.05, 4.69) is 0 Å². The molecular weight excluding hydrogens is 307 g/mol. The van der Waals surface area contributed by atoms with Crippen molar-refractivity contribution in [3.63, 3.8) is 0 Å². The van der Waals surface area contributed by atoms with E-state index >= 15 is 0 Å². The van der Waals surface area contributed by atoms with Gasteiger partial charge in [-0.3, -0.25) is 4.55 Å². The molecule has 0 aromatic heterocycles. The third-order valence-corrected chi connectivity index (χ3v) is 7.42. The van der Waals surface area contributed by atoms with Gasteiger partial charge in [0.05, 0.1) is 4.90 Å². The van der Waals surface area contributed by atoms with Crippen LogP contribution in [0.3, 0.4) is 0 Å². The van der Waals surface area contributed by atoms with Crippen LogP contribution < -0.4 is 10.6 Å². The Morgan fingerprint density at radius 1 is 1.00 bits per heavy atom. The zero-order chi connectivity index (χ0) is 15.5. The summed E-state index contributed by atoms with van der Waals surface area (Å²) in [6.45, 7) is 1.93. The van der Waals surface area contributed by atoms with Crippen molar-refractivity contribution < 1.29 is 17.5 Å². The zero-order valence-corrected chi connectivity index (χ0v) is 13.3. The first-order valence-corrected chi connectivity index (χ1v) is 9.94. The fourth-order valence-corrected chi connectivity index (χ4v) is 5.65. The summed E-state index contributed by atoms with van der Waals surface area (Å²) in [5.41, 5.74) is 0. The van der Waals surface area contributed by atoms with Crippen LogP contribution >= 0.6 is 7.14 Å². The van der Waals surface area contributed by atoms with E-state index in [-0.39, 0.29) is 4.90 Å². The van der Waals surface area contributed by atoms with Crippen molar-refractivity contribution in [2.45, 2.75) is 18.2 Å². The van der Waals surface area contributed by atoms with E-state index in [9.17, 15) is 13.0 Å². The van der Waals surface area contributed by atoms with E-state index in [0.717, 1.165) is 0 Å². The number of benzene rings is 2. The Labute approximate surface area is 125 Å². The molecule has 0 saturated heterocycles. The van der Waals surface area contributed by atoms with Crippen molar-refractivity contribution in [3.05, 3.63) is 54.6 Å². The molecule has 6 heteroatoms. The van der Waals surface area contributed by atoms with Gasteiger partial charge in [-0.05, 0) is 18.6 Å². The fraction of sp³-hybridized carbons (Fsp3) is 0.200. The van der Waals surface area contributed by atoms with Gasteiger partial charge in [-0.2, -0.15) is 8.42 Å². The number of rotatable bonds is 5. The predicted molar refractivity (Wildman–Crippen MR) is 84.7 cm³/mol. The van der Waals surface area contributed by atoms with Crippen molar-refractivity contribution >= 4 is 27.9 Å². The summed E-state index contributed by atoms with van der Waals surface area (Å²) in [5.74, 6) is 0. The highest BCUT2D eigenvalue weighted by Crippen LogP contribution is 2.44. The molecule has 2 aromatic rings. The van der Waals surface area contributed by atoms with Crippen molar-refractivity contribution in [1.82, 2.24) is 0 Å². The molecule has 0 aliphatic heterocycles. The van der Waals surface area contributed by atoms with E-state index in [4.69, 9.17) is 4.55 Å². The summed E-state index contributed by atoms with van der Waals surface area (Å²) >= 11 is 0. The van der Waals surface area contributed by atoms with Crippen molar-refractivity contribution in [1.29, 1.82) is 0 Å².